The van der Waals surface area contributed by atoms with Gasteiger partial charge in [-0.1, -0.05) is 23.9 Å². The molecule has 1 aliphatic carbocycles. The van der Waals surface area contributed by atoms with Crippen molar-refractivity contribution in [1.82, 2.24) is 15.3 Å². The number of halogens is 1. The van der Waals surface area contributed by atoms with Gasteiger partial charge in [0, 0.05) is 16.8 Å². The second-order valence-electron chi connectivity index (χ2n) is 6.37. The summed E-state index contributed by atoms with van der Waals surface area (Å²) in [5, 5.41) is 4.91. The number of nitrogens with one attached hydrogen (secondary N) is 1. The van der Waals surface area contributed by atoms with Crippen LogP contribution in [0.1, 0.15) is 28.0 Å². The van der Waals surface area contributed by atoms with Gasteiger partial charge in [0.2, 0.25) is 5.91 Å². The number of thioether (sulfide) groups is 1. The Balaban J connectivity index is 1.40. The normalized spacial score (nSPS) is 13.2. The van der Waals surface area contributed by atoms with Crippen LogP contribution in [0.25, 0.3) is 10.2 Å². The molecule has 7 heteroatoms. The maximum Gasteiger partial charge on any atom is 0.230 e. The lowest BCUT2D eigenvalue weighted by molar-refractivity contribution is -0.118. The van der Waals surface area contributed by atoms with Gasteiger partial charge in [-0.25, -0.2) is 14.4 Å². The van der Waals surface area contributed by atoms with Gasteiger partial charge in [-0.05, 0) is 48.9 Å². The maximum absolute atomic E-state index is 13.3. The lowest BCUT2D eigenvalue weighted by Gasteiger charge is -2.07. The first-order valence-corrected chi connectivity index (χ1v) is 10.3. The predicted octanol–water partition coefficient (Wildman–Crippen LogP) is 4.04. The predicted molar refractivity (Wildman–Crippen MR) is 103 cm³/mol. The van der Waals surface area contributed by atoms with Gasteiger partial charge in [-0.3, -0.25) is 4.79 Å². The minimum atomic E-state index is -0.230. The van der Waals surface area contributed by atoms with Crippen LogP contribution in [0, 0.1) is 12.7 Å². The number of hydrogen-bond acceptors (Lipinski definition) is 5. The van der Waals surface area contributed by atoms with E-state index in [4.69, 9.17) is 0 Å². The first-order chi connectivity index (χ1) is 12.6. The molecule has 26 heavy (non-hydrogen) atoms. The highest BCUT2D eigenvalue weighted by molar-refractivity contribution is 8.00. The molecule has 3 aromatic rings. The van der Waals surface area contributed by atoms with Crippen molar-refractivity contribution in [2.75, 3.05) is 5.75 Å². The van der Waals surface area contributed by atoms with Crippen LogP contribution in [0.4, 0.5) is 4.39 Å². The maximum atomic E-state index is 13.3. The lowest BCUT2D eigenvalue weighted by Crippen LogP contribution is -2.24. The number of carbonyl (C=O) groups is 1. The molecular formula is C19H18FN3OS2. The zero-order valence-corrected chi connectivity index (χ0v) is 16.0. The van der Waals surface area contributed by atoms with Crippen molar-refractivity contribution in [3.05, 3.63) is 51.9 Å². The molecule has 0 saturated carbocycles. The Hall–Kier alpha value is -1.99. The van der Waals surface area contributed by atoms with Gasteiger partial charge in [-0.2, -0.15) is 0 Å². The van der Waals surface area contributed by atoms with Crippen molar-refractivity contribution in [1.29, 1.82) is 0 Å². The fourth-order valence-corrected chi connectivity index (χ4v) is 5.36. The molecule has 0 fully saturated rings. The Morgan fingerprint density at radius 2 is 2.23 bits per heavy atom. The highest BCUT2D eigenvalue weighted by Crippen LogP contribution is 2.39. The van der Waals surface area contributed by atoms with Gasteiger partial charge in [0.1, 0.15) is 22.0 Å². The van der Waals surface area contributed by atoms with Crippen molar-refractivity contribution in [2.45, 2.75) is 37.8 Å². The summed E-state index contributed by atoms with van der Waals surface area (Å²) in [4.78, 5) is 23.4. The molecule has 0 bridgehead atoms. The number of rotatable bonds is 5. The van der Waals surface area contributed by atoms with Gasteiger partial charge in [0.15, 0.2) is 0 Å². The number of thiophene rings is 1. The smallest absolute Gasteiger partial charge is 0.230 e. The number of carbonyl (C=O) groups excluding carboxylic acids is 1. The number of benzene rings is 1. The molecule has 0 spiro atoms. The summed E-state index contributed by atoms with van der Waals surface area (Å²) in [6.07, 6.45) is 4.97. The summed E-state index contributed by atoms with van der Waals surface area (Å²) in [7, 11) is 0. The summed E-state index contributed by atoms with van der Waals surface area (Å²) in [6, 6.07) is 4.88. The van der Waals surface area contributed by atoms with E-state index in [0.717, 1.165) is 33.6 Å². The number of nitrogens with zero attached hydrogens (tertiary/aromatic N) is 2. The van der Waals surface area contributed by atoms with Gasteiger partial charge in [-0.15, -0.1) is 11.3 Å². The summed E-state index contributed by atoms with van der Waals surface area (Å²) in [6.45, 7) is 2.11. The quantitative estimate of drug-likeness (QED) is 0.530. The third kappa shape index (κ3) is 3.46. The van der Waals surface area contributed by atoms with Crippen LogP contribution in [0.5, 0.6) is 0 Å². The summed E-state index contributed by atoms with van der Waals surface area (Å²) < 4.78 is 13.3. The van der Waals surface area contributed by atoms with Crippen LogP contribution in [-0.2, 0) is 24.2 Å². The third-order valence-electron chi connectivity index (χ3n) is 4.52. The summed E-state index contributed by atoms with van der Waals surface area (Å²) >= 11 is 3.20. The highest BCUT2D eigenvalue weighted by atomic mass is 32.2. The molecule has 2 aromatic heterocycles. The van der Waals surface area contributed by atoms with Gasteiger partial charge in [0.25, 0.3) is 0 Å². The van der Waals surface area contributed by atoms with Gasteiger partial charge < -0.3 is 5.32 Å². The molecule has 0 saturated heterocycles. The SMILES string of the molecule is Cc1cc(CNC(=O)CSc2ncnc3sc4c(c23)CCC4)ccc1F. The van der Waals surface area contributed by atoms with Crippen LogP contribution < -0.4 is 5.32 Å². The van der Waals surface area contributed by atoms with Gasteiger partial charge in [0.05, 0.1) is 5.75 Å². The van der Waals surface area contributed by atoms with Crippen LogP contribution in [0.3, 0.4) is 0 Å². The van der Waals surface area contributed by atoms with E-state index in [1.165, 1.54) is 34.7 Å². The monoisotopic (exact) mass is 387 g/mol. The number of aryl methyl sites for hydroxylation is 3. The second-order valence-corrected chi connectivity index (χ2v) is 8.41. The molecule has 0 unspecified atom stereocenters. The van der Waals surface area contributed by atoms with E-state index in [-0.39, 0.29) is 11.7 Å². The average Bonchev–Trinajstić information content (AvgIpc) is 3.22. The first-order valence-electron chi connectivity index (χ1n) is 8.51. The minimum absolute atomic E-state index is 0.0596. The van der Waals surface area contributed by atoms with Crippen molar-refractivity contribution < 1.29 is 9.18 Å². The van der Waals surface area contributed by atoms with Crippen molar-refractivity contribution in [2.24, 2.45) is 0 Å². The lowest BCUT2D eigenvalue weighted by atomic mass is 10.1. The zero-order chi connectivity index (χ0) is 18.1. The van der Waals surface area contributed by atoms with E-state index in [1.807, 2.05) is 0 Å². The number of aromatic nitrogens is 2. The fraction of sp³-hybridized carbons (Fsp3) is 0.316. The Morgan fingerprint density at radius 3 is 3.08 bits per heavy atom. The first kappa shape index (κ1) is 17.4. The Kier molecular flexibility index (Phi) is 4.91. The molecule has 0 atom stereocenters. The second kappa shape index (κ2) is 7.32. The summed E-state index contributed by atoms with van der Waals surface area (Å²) in [5.74, 6) is 0.0130. The van der Waals surface area contributed by atoms with Crippen LogP contribution in [-0.4, -0.2) is 21.6 Å². The van der Waals surface area contributed by atoms with E-state index in [9.17, 15) is 9.18 Å². The van der Waals surface area contributed by atoms with Crippen LogP contribution in [0.15, 0.2) is 29.6 Å². The zero-order valence-electron chi connectivity index (χ0n) is 14.3. The largest absolute Gasteiger partial charge is 0.351 e. The summed E-state index contributed by atoms with van der Waals surface area (Å²) in [5.41, 5.74) is 2.85. The minimum Gasteiger partial charge on any atom is -0.351 e. The molecule has 1 amide bonds. The Bertz CT molecular complexity index is 986. The van der Waals surface area contributed by atoms with E-state index in [2.05, 4.69) is 15.3 Å². The van der Waals surface area contributed by atoms with Crippen LogP contribution in [0.2, 0.25) is 0 Å². The standard InChI is InChI=1S/C19H18FN3OS2/c1-11-7-12(5-6-14(11)20)8-21-16(24)9-25-18-17-13-3-2-4-15(13)26-19(17)23-10-22-18/h5-7,10H,2-4,8-9H2,1H3,(H,21,24). The van der Waals surface area contributed by atoms with Crippen LogP contribution >= 0.6 is 23.1 Å². The molecule has 0 aliphatic heterocycles. The molecular weight excluding hydrogens is 369 g/mol. The molecule has 4 rings (SSSR count). The molecule has 134 valence electrons. The molecule has 1 N–H and O–H groups in total. The molecule has 2 heterocycles. The number of fused-ring (bicyclic) bond motifs is 3. The highest BCUT2D eigenvalue weighted by Gasteiger charge is 2.21. The molecule has 0 radical (unpaired) electrons. The Morgan fingerprint density at radius 1 is 1.35 bits per heavy atom. The third-order valence-corrected chi connectivity index (χ3v) is 6.71. The molecule has 1 aromatic carbocycles. The topological polar surface area (TPSA) is 54.9 Å². The van der Waals surface area contributed by atoms with Gasteiger partial charge >= 0.3 is 0 Å². The van der Waals surface area contributed by atoms with Crippen molar-refractivity contribution >= 4 is 39.2 Å². The Labute approximate surface area is 159 Å². The fourth-order valence-electron chi connectivity index (χ4n) is 3.21. The van der Waals surface area contributed by atoms with E-state index < -0.39 is 0 Å². The van der Waals surface area contributed by atoms with E-state index in [1.54, 1.807) is 36.7 Å². The molecule has 4 nitrogen and oxygen atoms in total. The van der Waals surface area contributed by atoms with Crippen molar-refractivity contribution in [3.8, 4) is 0 Å². The number of amides is 1. The van der Waals surface area contributed by atoms with E-state index >= 15 is 0 Å². The average molecular weight is 388 g/mol. The van der Waals surface area contributed by atoms with E-state index in [0.29, 0.717) is 17.9 Å². The van der Waals surface area contributed by atoms with Crippen molar-refractivity contribution in [3.63, 3.8) is 0 Å². The number of hydrogen-bond donors (Lipinski definition) is 1. The molecule has 1 aliphatic rings.